The van der Waals surface area contributed by atoms with E-state index in [1.165, 1.54) is 17.8 Å². The van der Waals surface area contributed by atoms with E-state index >= 15 is 0 Å². The lowest BCUT2D eigenvalue weighted by Gasteiger charge is -2.07. The van der Waals surface area contributed by atoms with Crippen LogP contribution in [0.1, 0.15) is 17.2 Å². The number of thioether (sulfide) groups is 1. The monoisotopic (exact) mass is 289 g/mol. The van der Waals surface area contributed by atoms with Crippen molar-refractivity contribution in [2.45, 2.75) is 16.8 Å². The fraction of sp³-hybridized carbons (Fsp3) is 0.133. The van der Waals surface area contributed by atoms with E-state index in [0.29, 0.717) is 21.9 Å². The van der Waals surface area contributed by atoms with Crippen LogP contribution in [0.3, 0.4) is 0 Å². The van der Waals surface area contributed by atoms with Gasteiger partial charge in [-0.3, -0.25) is 4.79 Å². The van der Waals surface area contributed by atoms with Gasteiger partial charge in [0.25, 0.3) is 5.91 Å². The Hall–Kier alpha value is -1.85. The molecular formula is C15H12FNO2S. The van der Waals surface area contributed by atoms with E-state index in [9.17, 15) is 14.3 Å². The SMILES string of the molecule is O=C1Nc2cc(SCc3ccccc3)c(F)cc2C1O. The van der Waals surface area contributed by atoms with Crippen LogP contribution >= 0.6 is 11.8 Å². The Bertz CT molecular complexity index is 660. The second-order valence-electron chi connectivity index (χ2n) is 4.54. The van der Waals surface area contributed by atoms with Crippen LogP contribution < -0.4 is 5.32 Å². The maximum Gasteiger partial charge on any atom is 0.257 e. The highest BCUT2D eigenvalue weighted by Gasteiger charge is 2.29. The normalized spacial score (nSPS) is 16.9. The van der Waals surface area contributed by atoms with Crippen molar-refractivity contribution in [1.29, 1.82) is 0 Å². The lowest BCUT2D eigenvalue weighted by atomic mass is 10.1. The predicted molar refractivity (Wildman–Crippen MR) is 76.0 cm³/mol. The minimum atomic E-state index is -1.27. The average Bonchev–Trinajstić information content (AvgIpc) is 2.73. The molecule has 1 aliphatic heterocycles. The number of rotatable bonds is 3. The van der Waals surface area contributed by atoms with Gasteiger partial charge in [0.05, 0.1) is 0 Å². The van der Waals surface area contributed by atoms with Gasteiger partial charge in [0.15, 0.2) is 6.10 Å². The molecule has 0 saturated heterocycles. The maximum absolute atomic E-state index is 14.0. The second kappa shape index (κ2) is 5.26. The first-order chi connectivity index (χ1) is 9.65. The largest absolute Gasteiger partial charge is 0.378 e. The molecule has 0 spiro atoms. The van der Waals surface area contributed by atoms with Crippen LogP contribution in [0.15, 0.2) is 47.4 Å². The Kier molecular flexibility index (Phi) is 3.46. The molecule has 0 fully saturated rings. The molecule has 3 rings (SSSR count). The molecule has 5 heteroatoms. The molecule has 2 aromatic rings. The van der Waals surface area contributed by atoms with E-state index in [1.54, 1.807) is 6.07 Å². The topological polar surface area (TPSA) is 49.3 Å². The van der Waals surface area contributed by atoms with Crippen molar-refractivity contribution in [3.63, 3.8) is 0 Å². The van der Waals surface area contributed by atoms with Crippen molar-refractivity contribution in [3.05, 3.63) is 59.4 Å². The summed E-state index contributed by atoms with van der Waals surface area (Å²) >= 11 is 1.36. The highest BCUT2D eigenvalue weighted by molar-refractivity contribution is 7.98. The standard InChI is InChI=1S/C15H12FNO2S/c16-11-6-10-12(17-15(19)14(10)18)7-13(11)20-8-9-4-2-1-3-5-9/h1-7,14,18H,8H2,(H,17,19). The fourth-order valence-electron chi connectivity index (χ4n) is 2.09. The highest BCUT2D eigenvalue weighted by atomic mass is 32.2. The van der Waals surface area contributed by atoms with Gasteiger partial charge < -0.3 is 10.4 Å². The number of nitrogens with one attached hydrogen (secondary N) is 1. The van der Waals surface area contributed by atoms with E-state index < -0.39 is 17.8 Å². The van der Waals surface area contributed by atoms with Gasteiger partial charge in [0.2, 0.25) is 0 Å². The minimum Gasteiger partial charge on any atom is -0.378 e. The smallest absolute Gasteiger partial charge is 0.257 e. The molecule has 1 aliphatic rings. The molecule has 20 heavy (non-hydrogen) atoms. The number of aliphatic hydroxyl groups is 1. The number of benzene rings is 2. The summed E-state index contributed by atoms with van der Waals surface area (Å²) in [6.07, 6.45) is -1.27. The summed E-state index contributed by atoms with van der Waals surface area (Å²) in [5, 5.41) is 12.1. The molecule has 1 atom stereocenters. The quantitative estimate of drug-likeness (QED) is 0.854. The summed E-state index contributed by atoms with van der Waals surface area (Å²) in [7, 11) is 0. The minimum absolute atomic E-state index is 0.302. The summed E-state index contributed by atoms with van der Waals surface area (Å²) in [5.74, 6) is -0.280. The maximum atomic E-state index is 14.0. The Balaban J connectivity index is 1.82. The number of carbonyl (C=O) groups excluding carboxylic acids is 1. The zero-order chi connectivity index (χ0) is 14.1. The van der Waals surface area contributed by atoms with Crippen molar-refractivity contribution in [2.24, 2.45) is 0 Å². The summed E-state index contributed by atoms with van der Waals surface area (Å²) in [4.78, 5) is 11.8. The van der Waals surface area contributed by atoms with Crippen molar-refractivity contribution in [2.75, 3.05) is 5.32 Å². The Morgan fingerprint density at radius 1 is 1.25 bits per heavy atom. The second-order valence-corrected chi connectivity index (χ2v) is 5.55. The molecule has 3 nitrogen and oxygen atoms in total. The van der Waals surface area contributed by atoms with Gasteiger partial charge >= 0.3 is 0 Å². The predicted octanol–water partition coefficient (Wildman–Crippen LogP) is 3.10. The fourth-order valence-corrected chi connectivity index (χ4v) is 3.00. The van der Waals surface area contributed by atoms with Crippen LogP contribution in [0.2, 0.25) is 0 Å². The molecule has 2 aromatic carbocycles. The number of anilines is 1. The molecule has 102 valence electrons. The molecule has 1 unspecified atom stereocenters. The highest BCUT2D eigenvalue weighted by Crippen LogP contribution is 2.36. The summed E-state index contributed by atoms with van der Waals surface area (Å²) in [5.41, 5.74) is 1.89. The van der Waals surface area contributed by atoms with Crippen molar-refractivity contribution in [1.82, 2.24) is 0 Å². The number of aliphatic hydroxyl groups excluding tert-OH is 1. The summed E-state index contributed by atoms with van der Waals surface area (Å²) < 4.78 is 14.0. The Labute approximate surface area is 119 Å². The van der Waals surface area contributed by atoms with E-state index in [1.807, 2.05) is 30.3 Å². The van der Waals surface area contributed by atoms with Gasteiger partial charge in [-0.15, -0.1) is 11.8 Å². The third-order valence-corrected chi connectivity index (χ3v) is 4.24. The summed E-state index contributed by atoms with van der Waals surface area (Å²) in [6, 6.07) is 12.6. The molecule has 1 heterocycles. The van der Waals surface area contributed by atoms with E-state index in [2.05, 4.69) is 5.32 Å². The third kappa shape index (κ3) is 2.42. The zero-order valence-corrected chi connectivity index (χ0v) is 11.3. The Morgan fingerprint density at radius 2 is 2.00 bits per heavy atom. The van der Waals surface area contributed by atoms with Crippen LogP contribution in [0, 0.1) is 5.82 Å². The van der Waals surface area contributed by atoms with Gasteiger partial charge in [-0.2, -0.15) is 0 Å². The van der Waals surface area contributed by atoms with E-state index in [0.717, 1.165) is 5.56 Å². The van der Waals surface area contributed by atoms with Crippen molar-refractivity contribution >= 4 is 23.4 Å². The first-order valence-corrected chi connectivity index (χ1v) is 7.13. The van der Waals surface area contributed by atoms with Gasteiger partial charge in [-0.05, 0) is 17.7 Å². The van der Waals surface area contributed by atoms with Crippen molar-refractivity contribution < 1.29 is 14.3 Å². The number of amides is 1. The van der Waals surface area contributed by atoms with Crippen LogP contribution in [0.4, 0.5) is 10.1 Å². The van der Waals surface area contributed by atoms with Gasteiger partial charge in [-0.1, -0.05) is 30.3 Å². The van der Waals surface area contributed by atoms with Crippen LogP contribution in [0.5, 0.6) is 0 Å². The molecule has 0 bridgehead atoms. The number of hydrogen-bond acceptors (Lipinski definition) is 3. The molecule has 0 aromatic heterocycles. The average molecular weight is 289 g/mol. The molecule has 2 N–H and O–H groups in total. The molecule has 1 amide bonds. The first kappa shape index (κ1) is 13.1. The number of halogens is 1. The Morgan fingerprint density at radius 3 is 2.75 bits per heavy atom. The number of carbonyl (C=O) groups is 1. The third-order valence-electron chi connectivity index (χ3n) is 3.14. The first-order valence-electron chi connectivity index (χ1n) is 6.14. The van der Waals surface area contributed by atoms with Crippen LogP contribution in [-0.4, -0.2) is 11.0 Å². The molecule has 0 aliphatic carbocycles. The molecule has 0 saturated carbocycles. The van der Waals surface area contributed by atoms with E-state index in [4.69, 9.17) is 0 Å². The van der Waals surface area contributed by atoms with Gasteiger partial charge in [-0.25, -0.2) is 4.39 Å². The van der Waals surface area contributed by atoms with Crippen molar-refractivity contribution in [3.8, 4) is 0 Å². The van der Waals surface area contributed by atoms with Gasteiger partial charge in [0, 0.05) is 21.9 Å². The molecule has 0 radical (unpaired) electrons. The van der Waals surface area contributed by atoms with Crippen LogP contribution in [0.25, 0.3) is 0 Å². The lowest BCUT2D eigenvalue weighted by molar-refractivity contribution is -0.123. The van der Waals surface area contributed by atoms with Gasteiger partial charge in [0.1, 0.15) is 5.82 Å². The van der Waals surface area contributed by atoms with Crippen LogP contribution in [-0.2, 0) is 10.5 Å². The van der Waals surface area contributed by atoms with E-state index in [-0.39, 0.29) is 0 Å². The number of fused-ring (bicyclic) bond motifs is 1. The lowest BCUT2D eigenvalue weighted by Crippen LogP contribution is -2.10. The summed E-state index contributed by atoms with van der Waals surface area (Å²) in [6.45, 7) is 0. The zero-order valence-electron chi connectivity index (χ0n) is 10.5. The number of hydrogen-bond donors (Lipinski definition) is 2. The molecular weight excluding hydrogens is 277 g/mol.